The monoisotopic (exact) mass is 359 g/mol. The first kappa shape index (κ1) is 16.9. The summed E-state index contributed by atoms with van der Waals surface area (Å²) in [6.07, 6.45) is 2.92. The van der Waals surface area contributed by atoms with E-state index in [4.69, 9.17) is 11.6 Å². The maximum absolute atomic E-state index is 13.5. The normalized spacial score (nSPS) is 10.5. The van der Waals surface area contributed by atoms with Gasteiger partial charge in [-0.15, -0.1) is 0 Å². The van der Waals surface area contributed by atoms with Gasteiger partial charge in [-0.1, -0.05) is 17.7 Å². The number of carbonyl (C=O) groups excluding carboxylic acids is 1. The van der Waals surface area contributed by atoms with Crippen molar-refractivity contribution in [3.8, 4) is 5.69 Å². The SMILES string of the molecule is Cc1ccc(NCC(=O)Nc2cc(Cl)ccc2-n2cncn2)cc1F. The van der Waals surface area contributed by atoms with Crippen LogP contribution in [0.5, 0.6) is 0 Å². The van der Waals surface area contributed by atoms with Crippen molar-refractivity contribution in [2.75, 3.05) is 17.2 Å². The Hall–Kier alpha value is -2.93. The second kappa shape index (κ2) is 7.31. The molecular weight excluding hydrogens is 345 g/mol. The zero-order valence-corrected chi connectivity index (χ0v) is 14.1. The van der Waals surface area contributed by atoms with Gasteiger partial charge < -0.3 is 10.6 Å². The first-order valence-corrected chi connectivity index (χ1v) is 7.85. The molecule has 1 amide bonds. The molecule has 3 rings (SSSR count). The maximum atomic E-state index is 13.5. The lowest BCUT2D eigenvalue weighted by Gasteiger charge is -2.12. The van der Waals surface area contributed by atoms with E-state index in [9.17, 15) is 9.18 Å². The molecule has 0 aliphatic rings. The zero-order chi connectivity index (χ0) is 17.8. The lowest BCUT2D eigenvalue weighted by atomic mass is 10.2. The van der Waals surface area contributed by atoms with Gasteiger partial charge in [0.15, 0.2) is 0 Å². The maximum Gasteiger partial charge on any atom is 0.243 e. The fraction of sp³-hybridized carbons (Fsp3) is 0.118. The van der Waals surface area contributed by atoms with Crippen LogP contribution in [0, 0.1) is 12.7 Å². The lowest BCUT2D eigenvalue weighted by molar-refractivity contribution is -0.114. The molecule has 0 atom stereocenters. The Bertz CT molecular complexity index is 898. The number of anilines is 2. The average Bonchev–Trinajstić information content (AvgIpc) is 3.10. The highest BCUT2D eigenvalue weighted by atomic mass is 35.5. The molecule has 0 bridgehead atoms. The molecule has 0 saturated heterocycles. The molecule has 1 aromatic heterocycles. The Morgan fingerprint density at radius 1 is 1.28 bits per heavy atom. The predicted octanol–water partition coefficient (Wildman–Crippen LogP) is 3.42. The average molecular weight is 360 g/mol. The summed E-state index contributed by atoms with van der Waals surface area (Å²) in [5.74, 6) is -0.627. The minimum Gasteiger partial charge on any atom is -0.376 e. The number of nitrogens with one attached hydrogen (secondary N) is 2. The van der Waals surface area contributed by atoms with Gasteiger partial charge in [0.1, 0.15) is 18.5 Å². The molecule has 25 heavy (non-hydrogen) atoms. The Labute approximate surface area is 148 Å². The Balaban J connectivity index is 1.70. The molecule has 0 saturated carbocycles. The molecule has 0 spiro atoms. The van der Waals surface area contributed by atoms with Crippen molar-refractivity contribution >= 4 is 28.9 Å². The van der Waals surface area contributed by atoms with E-state index in [1.807, 2.05) is 0 Å². The number of halogens is 2. The van der Waals surface area contributed by atoms with Crippen molar-refractivity contribution in [1.82, 2.24) is 14.8 Å². The number of carbonyl (C=O) groups is 1. The van der Waals surface area contributed by atoms with Crippen LogP contribution in [0.1, 0.15) is 5.56 Å². The third-order valence-corrected chi connectivity index (χ3v) is 3.76. The quantitative estimate of drug-likeness (QED) is 0.732. The van der Waals surface area contributed by atoms with Gasteiger partial charge in [-0.25, -0.2) is 14.1 Å². The van der Waals surface area contributed by atoms with E-state index in [1.54, 1.807) is 37.3 Å². The number of aromatic nitrogens is 3. The van der Waals surface area contributed by atoms with Crippen LogP contribution in [0.4, 0.5) is 15.8 Å². The number of aryl methyl sites for hydroxylation is 1. The smallest absolute Gasteiger partial charge is 0.243 e. The summed E-state index contributed by atoms with van der Waals surface area (Å²) in [4.78, 5) is 16.1. The van der Waals surface area contributed by atoms with E-state index < -0.39 is 0 Å². The van der Waals surface area contributed by atoms with Gasteiger partial charge in [0.05, 0.1) is 17.9 Å². The van der Waals surface area contributed by atoms with Gasteiger partial charge in [-0.2, -0.15) is 5.10 Å². The van der Waals surface area contributed by atoms with Crippen LogP contribution in [0.15, 0.2) is 49.1 Å². The summed E-state index contributed by atoms with van der Waals surface area (Å²) >= 11 is 6.01. The van der Waals surface area contributed by atoms with Crippen LogP contribution in [-0.2, 0) is 4.79 Å². The largest absolute Gasteiger partial charge is 0.376 e. The molecule has 1 heterocycles. The number of hydrogen-bond donors (Lipinski definition) is 2. The minimum absolute atomic E-state index is 0.0220. The van der Waals surface area contributed by atoms with E-state index in [2.05, 4.69) is 20.7 Å². The topological polar surface area (TPSA) is 71.8 Å². The molecule has 0 radical (unpaired) electrons. The molecule has 0 aliphatic carbocycles. The summed E-state index contributed by atoms with van der Waals surface area (Å²) in [6, 6.07) is 9.77. The lowest BCUT2D eigenvalue weighted by Crippen LogP contribution is -2.22. The molecule has 0 fully saturated rings. The molecule has 2 N–H and O–H groups in total. The molecule has 128 valence electrons. The molecule has 8 heteroatoms. The standard InChI is InChI=1S/C17H15ClFN5O/c1-11-2-4-13(7-14(11)19)21-8-17(25)23-15-6-12(18)3-5-16(15)24-10-20-9-22-24/h2-7,9-10,21H,8H2,1H3,(H,23,25). The predicted molar refractivity (Wildman–Crippen MR) is 94.6 cm³/mol. The van der Waals surface area contributed by atoms with Gasteiger partial charge in [0.25, 0.3) is 0 Å². The fourth-order valence-corrected chi connectivity index (χ4v) is 2.39. The van der Waals surface area contributed by atoms with Crippen LogP contribution in [0.25, 0.3) is 5.69 Å². The fourth-order valence-electron chi connectivity index (χ4n) is 2.22. The molecular formula is C17H15ClFN5O. The summed E-state index contributed by atoms with van der Waals surface area (Å²) in [6.45, 7) is 1.66. The number of benzene rings is 2. The second-order valence-electron chi connectivity index (χ2n) is 5.37. The highest BCUT2D eigenvalue weighted by Gasteiger charge is 2.10. The minimum atomic E-state index is -0.325. The third-order valence-electron chi connectivity index (χ3n) is 3.52. The number of amides is 1. The van der Waals surface area contributed by atoms with Crippen molar-refractivity contribution < 1.29 is 9.18 Å². The van der Waals surface area contributed by atoms with Crippen molar-refractivity contribution in [2.45, 2.75) is 6.92 Å². The van der Waals surface area contributed by atoms with Gasteiger partial charge in [-0.3, -0.25) is 4.79 Å². The van der Waals surface area contributed by atoms with Crippen molar-refractivity contribution in [1.29, 1.82) is 0 Å². The molecule has 2 aromatic carbocycles. The highest BCUT2D eigenvalue weighted by molar-refractivity contribution is 6.31. The number of rotatable bonds is 5. The summed E-state index contributed by atoms with van der Waals surface area (Å²) in [5.41, 5.74) is 2.21. The Kier molecular flexibility index (Phi) is 4.95. The molecule has 0 aliphatic heterocycles. The van der Waals surface area contributed by atoms with E-state index in [-0.39, 0.29) is 18.3 Å². The molecule has 3 aromatic rings. The van der Waals surface area contributed by atoms with E-state index in [0.717, 1.165) is 0 Å². The van der Waals surface area contributed by atoms with E-state index >= 15 is 0 Å². The van der Waals surface area contributed by atoms with Crippen LogP contribution in [0.2, 0.25) is 5.02 Å². The van der Waals surface area contributed by atoms with Crippen molar-refractivity contribution in [3.05, 3.63) is 65.5 Å². The van der Waals surface area contributed by atoms with Gasteiger partial charge in [-0.05, 0) is 42.8 Å². The second-order valence-corrected chi connectivity index (χ2v) is 5.80. The highest BCUT2D eigenvalue weighted by Crippen LogP contribution is 2.24. The summed E-state index contributed by atoms with van der Waals surface area (Å²) in [5, 5.41) is 10.2. The van der Waals surface area contributed by atoms with E-state index in [1.165, 1.54) is 23.4 Å². The number of nitrogens with zero attached hydrogens (tertiary/aromatic N) is 3. The van der Waals surface area contributed by atoms with Crippen LogP contribution < -0.4 is 10.6 Å². The van der Waals surface area contributed by atoms with Gasteiger partial charge in [0, 0.05) is 10.7 Å². The third kappa shape index (κ3) is 4.13. The Morgan fingerprint density at radius 2 is 2.12 bits per heavy atom. The van der Waals surface area contributed by atoms with E-state index in [0.29, 0.717) is 27.6 Å². The van der Waals surface area contributed by atoms with Crippen LogP contribution >= 0.6 is 11.6 Å². The Morgan fingerprint density at radius 3 is 2.84 bits per heavy atom. The van der Waals surface area contributed by atoms with Crippen molar-refractivity contribution in [2.24, 2.45) is 0 Å². The zero-order valence-electron chi connectivity index (χ0n) is 13.3. The van der Waals surface area contributed by atoms with Gasteiger partial charge in [0.2, 0.25) is 5.91 Å². The van der Waals surface area contributed by atoms with Crippen LogP contribution in [0.3, 0.4) is 0 Å². The summed E-state index contributed by atoms with van der Waals surface area (Å²) in [7, 11) is 0. The first-order valence-electron chi connectivity index (χ1n) is 7.47. The first-order chi connectivity index (χ1) is 12.0. The summed E-state index contributed by atoms with van der Waals surface area (Å²) < 4.78 is 15.1. The van der Waals surface area contributed by atoms with Crippen LogP contribution in [-0.4, -0.2) is 27.2 Å². The number of hydrogen-bond acceptors (Lipinski definition) is 4. The molecule has 0 unspecified atom stereocenters. The van der Waals surface area contributed by atoms with Gasteiger partial charge >= 0.3 is 0 Å². The van der Waals surface area contributed by atoms with Crippen molar-refractivity contribution in [3.63, 3.8) is 0 Å². The molecule has 6 nitrogen and oxygen atoms in total.